The summed E-state index contributed by atoms with van der Waals surface area (Å²) < 4.78 is 0. The second-order valence-corrected chi connectivity index (χ2v) is 4.51. The Labute approximate surface area is 99.2 Å². The molecule has 0 saturated carbocycles. The quantitative estimate of drug-likeness (QED) is 0.571. The van der Waals surface area contributed by atoms with Gasteiger partial charge in [0.1, 0.15) is 0 Å². The van der Waals surface area contributed by atoms with Crippen molar-refractivity contribution >= 4 is 0 Å². The molecule has 16 heavy (non-hydrogen) atoms. The van der Waals surface area contributed by atoms with Gasteiger partial charge in [-0.1, -0.05) is 51.5 Å². The monoisotopic (exact) mass is 220 g/mol. The minimum Gasteiger partial charge on any atom is -0.271 e. The maximum atomic E-state index is 5.68. The molecule has 0 fully saturated rings. The molecule has 0 spiro atoms. The zero-order valence-electron chi connectivity index (χ0n) is 10.7. The Morgan fingerprint density at radius 1 is 1.31 bits per heavy atom. The molecule has 0 saturated heterocycles. The summed E-state index contributed by atoms with van der Waals surface area (Å²) in [4.78, 5) is 0. The van der Waals surface area contributed by atoms with E-state index in [2.05, 4.69) is 50.5 Å². The van der Waals surface area contributed by atoms with E-state index in [1.165, 1.54) is 24.0 Å². The lowest BCUT2D eigenvalue weighted by atomic mass is 9.90. The van der Waals surface area contributed by atoms with Crippen LogP contribution in [0, 0.1) is 5.92 Å². The molecular weight excluding hydrogens is 196 g/mol. The van der Waals surface area contributed by atoms with Crippen molar-refractivity contribution in [3.8, 4) is 0 Å². The Bertz CT molecular complexity index is 309. The lowest BCUT2D eigenvalue weighted by molar-refractivity contribution is 0.368. The summed E-state index contributed by atoms with van der Waals surface area (Å²) >= 11 is 0. The van der Waals surface area contributed by atoms with E-state index in [1.54, 1.807) is 0 Å². The van der Waals surface area contributed by atoms with Gasteiger partial charge < -0.3 is 0 Å². The second-order valence-electron chi connectivity index (χ2n) is 4.51. The average molecular weight is 220 g/mol. The van der Waals surface area contributed by atoms with Crippen LogP contribution in [0.4, 0.5) is 0 Å². The molecule has 90 valence electrons. The van der Waals surface area contributed by atoms with Crippen molar-refractivity contribution in [1.29, 1.82) is 0 Å². The summed E-state index contributed by atoms with van der Waals surface area (Å²) in [6.07, 6.45) is 3.48. The van der Waals surface area contributed by atoms with Crippen LogP contribution in [0.3, 0.4) is 0 Å². The Balaban J connectivity index is 2.85. The largest absolute Gasteiger partial charge is 0.271 e. The molecule has 0 radical (unpaired) electrons. The van der Waals surface area contributed by atoms with Crippen LogP contribution in [0.25, 0.3) is 0 Å². The van der Waals surface area contributed by atoms with Gasteiger partial charge in [-0.15, -0.1) is 0 Å². The van der Waals surface area contributed by atoms with Crippen LogP contribution in [0.15, 0.2) is 24.3 Å². The fraction of sp³-hybridized carbons (Fsp3) is 0.571. The van der Waals surface area contributed by atoms with Gasteiger partial charge in [-0.3, -0.25) is 11.3 Å². The van der Waals surface area contributed by atoms with E-state index in [0.29, 0.717) is 5.92 Å². The van der Waals surface area contributed by atoms with E-state index < -0.39 is 0 Å². The highest BCUT2D eigenvalue weighted by Gasteiger charge is 2.17. The van der Waals surface area contributed by atoms with Crippen molar-refractivity contribution < 1.29 is 0 Å². The molecule has 0 amide bonds. The van der Waals surface area contributed by atoms with Gasteiger partial charge in [0.2, 0.25) is 0 Å². The highest BCUT2D eigenvalue weighted by Crippen LogP contribution is 2.25. The number of aryl methyl sites for hydroxylation is 1. The maximum Gasteiger partial charge on any atom is 0.0485 e. The minimum absolute atomic E-state index is 0.270. The van der Waals surface area contributed by atoms with Crippen molar-refractivity contribution in [2.75, 3.05) is 0 Å². The first-order valence-electron chi connectivity index (χ1n) is 6.27. The first-order chi connectivity index (χ1) is 7.72. The normalized spacial score (nSPS) is 14.8. The number of benzene rings is 1. The zero-order chi connectivity index (χ0) is 12.0. The fourth-order valence-electron chi connectivity index (χ4n) is 2.22. The third-order valence-electron chi connectivity index (χ3n) is 3.21. The molecule has 2 unspecified atom stereocenters. The predicted molar refractivity (Wildman–Crippen MR) is 70.0 cm³/mol. The molecule has 0 aliphatic carbocycles. The van der Waals surface area contributed by atoms with Crippen molar-refractivity contribution in [2.45, 2.75) is 46.1 Å². The van der Waals surface area contributed by atoms with Crippen LogP contribution in [0.1, 0.15) is 50.8 Å². The van der Waals surface area contributed by atoms with E-state index in [0.717, 1.165) is 6.42 Å². The summed E-state index contributed by atoms with van der Waals surface area (Å²) in [6, 6.07) is 8.98. The number of rotatable bonds is 6. The van der Waals surface area contributed by atoms with Gasteiger partial charge in [0.05, 0.1) is 0 Å². The molecular formula is C14H24N2. The average Bonchev–Trinajstić information content (AvgIpc) is 2.31. The van der Waals surface area contributed by atoms with Crippen LogP contribution in [0.2, 0.25) is 0 Å². The molecule has 1 aromatic rings. The fourth-order valence-corrected chi connectivity index (χ4v) is 2.22. The Hall–Kier alpha value is -0.860. The van der Waals surface area contributed by atoms with Crippen molar-refractivity contribution in [3.05, 3.63) is 35.4 Å². The Morgan fingerprint density at radius 2 is 2.06 bits per heavy atom. The highest BCUT2D eigenvalue weighted by atomic mass is 15.2. The molecule has 0 bridgehead atoms. The van der Waals surface area contributed by atoms with Crippen molar-refractivity contribution in [1.82, 2.24) is 5.43 Å². The second kappa shape index (κ2) is 6.66. The van der Waals surface area contributed by atoms with Gasteiger partial charge in [0.15, 0.2) is 0 Å². The van der Waals surface area contributed by atoms with E-state index >= 15 is 0 Å². The van der Waals surface area contributed by atoms with E-state index in [-0.39, 0.29) is 6.04 Å². The molecule has 1 aromatic carbocycles. The lowest BCUT2D eigenvalue weighted by Crippen LogP contribution is -2.32. The van der Waals surface area contributed by atoms with Crippen LogP contribution in [-0.4, -0.2) is 0 Å². The number of hydrazine groups is 1. The first-order valence-corrected chi connectivity index (χ1v) is 6.27. The summed E-state index contributed by atoms with van der Waals surface area (Å²) in [5.41, 5.74) is 5.64. The summed E-state index contributed by atoms with van der Waals surface area (Å²) in [5, 5.41) is 0. The third kappa shape index (κ3) is 3.32. The Morgan fingerprint density at radius 3 is 2.62 bits per heavy atom. The third-order valence-corrected chi connectivity index (χ3v) is 3.21. The topological polar surface area (TPSA) is 38.0 Å². The van der Waals surface area contributed by atoms with Gasteiger partial charge in [-0.05, 0) is 29.9 Å². The van der Waals surface area contributed by atoms with Gasteiger partial charge in [-0.25, -0.2) is 0 Å². The van der Waals surface area contributed by atoms with Crippen LogP contribution >= 0.6 is 0 Å². The van der Waals surface area contributed by atoms with Gasteiger partial charge >= 0.3 is 0 Å². The number of hydrogen-bond donors (Lipinski definition) is 2. The van der Waals surface area contributed by atoms with Crippen LogP contribution in [-0.2, 0) is 6.42 Å². The predicted octanol–water partition coefficient (Wildman–Crippen LogP) is 3.19. The molecule has 0 heterocycles. The van der Waals surface area contributed by atoms with Gasteiger partial charge in [-0.2, -0.15) is 0 Å². The molecule has 1 rings (SSSR count). The lowest BCUT2D eigenvalue weighted by Gasteiger charge is -2.23. The summed E-state index contributed by atoms with van der Waals surface area (Å²) in [7, 11) is 0. The van der Waals surface area contributed by atoms with Crippen molar-refractivity contribution in [2.24, 2.45) is 11.8 Å². The number of nitrogens with one attached hydrogen (secondary N) is 1. The molecule has 2 atom stereocenters. The summed E-state index contributed by atoms with van der Waals surface area (Å²) in [6.45, 7) is 6.65. The smallest absolute Gasteiger partial charge is 0.0485 e. The van der Waals surface area contributed by atoms with Gasteiger partial charge in [0.25, 0.3) is 0 Å². The molecule has 0 aliphatic heterocycles. The first kappa shape index (κ1) is 13.2. The molecule has 3 N–H and O–H groups in total. The molecule has 0 aromatic heterocycles. The zero-order valence-corrected chi connectivity index (χ0v) is 10.7. The Kier molecular flexibility index (Phi) is 5.50. The standard InChI is InChI=1S/C14H24N2/c1-4-7-11(3)14(16-15)13-9-6-8-12(5-2)10-13/h6,8-11,14,16H,4-5,7,15H2,1-3H3. The SMILES string of the molecule is CCCC(C)C(NN)c1cccc(CC)c1. The molecule has 2 heteroatoms. The van der Waals surface area contributed by atoms with E-state index in [4.69, 9.17) is 5.84 Å². The maximum absolute atomic E-state index is 5.68. The van der Waals surface area contributed by atoms with Crippen molar-refractivity contribution in [3.63, 3.8) is 0 Å². The van der Waals surface area contributed by atoms with Crippen LogP contribution in [0.5, 0.6) is 0 Å². The number of nitrogens with two attached hydrogens (primary N) is 1. The van der Waals surface area contributed by atoms with E-state index in [9.17, 15) is 0 Å². The minimum atomic E-state index is 0.270. The van der Waals surface area contributed by atoms with Gasteiger partial charge in [0, 0.05) is 6.04 Å². The number of hydrogen-bond acceptors (Lipinski definition) is 2. The van der Waals surface area contributed by atoms with E-state index in [1.807, 2.05) is 0 Å². The molecule has 2 nitrogen and oxygen atoms in total. The molecule has 0 aliphatic rings. The summed E-state index contributed by atoms with van der Waals surface area (Å²) in [5.74, 6) is 6.25. The highest BCUT2D eigenvalue weighted by molar-refractivity contribution is 5.26. The van der Waals surface area contributed by atoms with Crippen LogP contribution < -0.4 is 11.3 Å².